The smallest absolute Gasteiger partial charge is 0.137 e. The Labute approximate surface area is 325 Å². The van der Waals surface area contributed by atoms with E-state index in [9.17, 15) is 0 Å². The first kappa shape index (κ1) is 36.1. The van der Waals surface area contributed by atoms with Crippen molar-refractivity contribution >= 4 is 21.8 Å². The van der Waals surface area contributed by atoms with Crippen molar-refractivity contribution in [1.82, 2.24) is 19.3 Å². The SMILES string of the molecule is CCCCc1ccnc(-n2c3ccccc3c3ccc(Oc4cc(-n5nc(C)c(-c6c(C)cc(C)cc6C)c5-c5ccccc5)cc(C(C)(C)C)c4)cc32)c1. The molecule has 5 nitrogen and oxygen atoms in total. The molecule has 0 amide bonds. The van der Waals surface area contributed by atoms with E-state index in [0.29, 0.717) is 0 Å². The van der Waals surface area contributed by atoms with Crippen LogP contribution < -0.4 is 4.74 Å². The summed E-state index contributed by atoms with van der Waals surface area (Å²) in [5.41, 5.74) is 14.8. The van der Waals surface area contributed by atoms with Crippen LogP contribution in [0.4, 0.5) is 0 Å². The third kappa shape index (κ3) is 6.84. The van der Waals surface area contributed by atoms with Crippen molar-refractivity contribution in [2.45, 2.75) is 80.1 Å². The van der Waals surface area contributed by atoms with Crippen LogP contribution in [0.2, 0.25) is 0 Å². The van der Waals surface area contributed by atoms with Gasteiger partial charge in [0.2, 0.25) is 0 Å². The topological polar surface area (TPSA) is 44.9 Å². The zero-order chi connectivity index (χ0) is 38.4. The first-order valence-electron chi connectivity index (χ1n) is 19.6. The number of pyridine rings is 1. The van der Waals surface area contributed by atoms with Crippen LogP contribution in [0.1, 0.15) is 74.0 Å². The monoisotopic (exact) mass is 722 g/mol. The second kappa shape index (κ2) is 14.4. The van der Waals surface area contributed by atoms with E-state index in [-0.39, 0.29) is 5.41 Å². The lowest BCUT2D eigenvalue weighted by Crippen LogP contribution is -2.12. The fraction of sp³-hybridized carbons (Fsp3) is 0.240. The molecule has 0 saturated carbocycles. The number of nitrogens with zero attached hydrogens (tertiary/aromatic N) is 4. The van der Waals surface area contributed by atoms with E-state index in [1.165, 1.54) is 44.2 Å². The maximum absolute atomic E-state index is 6.89. The molecule has 0 radical (unpaired) electrons. The van der Waals surface area contributed by atoms with Crippen LogP contribution in [0.25, 0.3) is 55.7 Å². The third-order valence-electron chi connectivity index (χ3n) is 10.8. The summed E-state index contributed by atoms with van der Waals surface area (Å²) in [7, 11) is 0. The Morgan fingerprint density at radius 3 is 2.15 bits per heavy atom. The summed E-state index contributed by atoms with van der Waals surface area (Å²) in [6, 6.07) is 41.1. The van der Waals surface area contributed by atoms with Crippen molar-refractivity contribution in [1.29, 1.82) is 0 Å². The van der Waals surface area contributed by atoms with Gasteiger partial charge in [-0.3, -0.25) is 4.57 Å². The first-order valence-corrected chi connectivity index (χ1v) is 19.6. The number of hydrogen-bond acceptors (Lipinski definition) is 3. The number of unbranched alkanes of at least 4 members (excludes halogenated alkanes) is 1. The van der Waals surface area contributed by atoms with Crippen molar-refractivity contribution in [3.8, 4) is 45.4 Å². The molecule has 8 aromatic rings. The van der Waals surface area contributed by atoms with E-state index in [1.54, 1.807) is 0 Å². The molecule has 3 heterocycles. The predicted octanol–water partition coefficient (Wildman–Crippen LogP) is 13.4. The second-order valence-electron chi connectivity index (χ2n) is 16.1. The summed E-state index contributed by atoms with van der Waals surface area (Å²) in [5, 5.41) is 7.66. The minimum Gasteiger partial charge on any atom is -0.457 e. The Morgan fingerprint density at radius 2 is 1.40 bits per heavy atom. The normalized spacial score (nSPS) is 11.9. The molecule has 0 saturated heterocycles. The maximum Gasteiger partial charge on any atom is 0.137 e. The molecule has 3 aromatic heterocycles. The van der Waals surface area contributed by atoms with Gasteiger partial charge in [0.25, 0.3) is 0 Å². The van der Waals surface area contributed by atoms with Gasteiger partial charge in [-0.15, -0.1) is 0 Å². The van der Waals surface area contributed by atoms with Crippen LogP contribution in [-0.2, 0) is 11.8 Å². The van der Waals surface area contributed by atoms with Crippen LogP contribution in [0.5, 0.6) is 11.5 Å². The molecule has 0 aliphatic rings. The molecular formula is C50H50N4O. The molecule has 0 bridgehead atoms. The Bertz CT molecular complexity index is 2670. The standard InChI is InChI=1S/C50H50N4O/c1-9-10-16-36-23-24-51-46(27-36)53-44-20-15-14-19-42(44)43-22-21-40(31-45(43)53)55-41-29-38(50(6,7)8)28-39(30-41)54-49(37-17-12-11-13-18-37)48(35(5)52-54)47-33(3)25-32(2)26-34(47)4/h11-15,17-31H,9-10,16H2,1-8H3. The number of hydrogen-bond donors (Lipinski definition) is 0. The van der Waals surface area contributed by atoms with Gasteiger partial charge in [-0.05, 0) is 116 Å². The van der Waals surface area contributed by atoms with Crippen LogP contribution in [-0.4, -0.2) is 19.3 Å². The summed E-state index contributed by atoms with van der Waals surface area (Å²) in [5.74, 6) is 2.45. The number of aryl methyl sites for hydroxylation is 5. The van der Waals surface area contributed by atoms with Crippen LogP contribution in [0, 0.1) is 27.7 Å². The summed E-state index contributed by atoms with van der Waals surface area (Å²) < 4.78 is 11.3. The average Bonchev–Trinajstić information content (AvgIpc) is 3.68. The van der Waals surface area contributed by atoms with Gasteiger partial charge in [0.15, 0.2) is 0 Å². The van der Waals surface area contributed by atoms with E-state index in [4.69, 9.17) is 14.8 Å². The van der Waals surface area contributed by atoms with E-state index in [1.807, 2.05) is 6.20 Å². The van der Waals surface area contributed by atoms with Gasteiger partial charge in [-0.2, -0.15) is 5.10 Å². The van der Waals surface area contributed by atoms with Crippen molar-refractivity contribution in [2.24, 2.45) is 0 Å². The van der Waals surface area contributed by atoms with Crippen molar-refractivity contribution in [3.63, 3.8) is 0 Å². The zero-order valence-electron chi connectivity index (χ0n) is 33.4. The second-order valence-corrected chi connectivity index (χ2v) is 16.1. The lowest BCUT2D eigenvalue weighted by molar-refractivity contribution is 0.478. The fourth-order valence-electron chi connectivity index (χ4n) is 8.16. The number of fused-ring (bicyclic) bond motifs is 3. The fourth-order valence-corrected chi connectivity index (χ4v) is 8.16. The molecule has 55 heavy (non-hydrogen) atoms. The summed E-state index contributed by atoms with van der Waals surface area (Å²) in [6.45, 7) is 17.7. The van der Waals surface area contributed by atoms with Gasteiger partial charge in [0, 0.05) is 40.2 Å². The van der Waals surface area contributed by atoms with Gasteiger partial charge in [-0.25, -0.2) is 9.67 Å². The Hall–Kier alpha value is -5.94. The first-order chi connectivity index (χ1) is 26.5. The van der Waals surface area contributed by atoms with Gasteiger partial charge >= 0.3 is 0 Å². The third-order valence-corrected chi connectivity index (χ3v) is 10.8. The Morgan fingerprint density at radius 1 is 0.673 bits per heavy atom. The molecule has 5 heteroatoms. The van der Waals surface area contributed by atoms with Crippen LogP contribution >= 0.6 is 0 Å². The summed E-state index contributed by atoms with van der Waals surface area (Å²) in [6.07, 6.45) is 5.29. The highest BCUT2D eigenvalue weighted by Gasteiger charge is 2.25. The van der Waals surface area contributed by atoms with Crippen LogP contribution in [0.15, 0.2) is 121 Å². The molecule has 0 unspecified atom stereocenters. The number of para-hydroxylation sites is 1. The minimum absolute atomic E-state index is 0.138. The molecule has 276 valence electrons. The van der Waals surface area contributed by atoms with Gasteiger partial charge in [0.1, 0.15) is 17.3 Å². The zero-order valence-corrected chi connectivity index (χ0v) is 33.4. The molecule has 0 aliphatic carbocycles. The molecule has 0 spiro atoms. The highest BCUT2D eigenvalue weighted by atomic mass is 16.5. The molecule has 0 fully saturated rings. The predicted molar refractivity (Wildman–Crippen MR) is 229 cm³/mol. The molecule has 0 atom stereocenters. The Balaban J connectivity index is 1.29. The molecular weight excluding hydrogens is 673 g/mol. The van der Waals surface area contributed by atoms with E-state index in [0.717, 1.165) is 75.8 Å². The molecule has 8 rings (SSSR count). The number of ether oxygens (including phenoxy) is 1. The molecule has 5 aromatic carbocycles. The highest BCUT2D eigenvalue weighted by molar-refractivity contribution is 6.09. The van der Waals surface area contributed by atoms with Gasteiger partial charge < -0.3 is 4.74 Å². The van der Waals surface area contributed by atoms with E-state index < -0.39 is 0 Å². The van der Waals surface area contributed by atoms with Crippen molar-refractivity contribution in [2.75, 3.05) is 0 Å². The summed E-state index contributed by atoms with van der Waals surface area (Å²) in [4.78, 5) is 4.88. The van der Waals surface area contributed by atoms with E-state index in [2.05, 4.69) is 180 Å². The number of aromatic nitrogens is 4. The Kier molecular flexibility index (Phi) is 9.42. The lowest BCUT2D eigenvalue weighted by atomic mass is 9.86. The molecule has 0 aliphatic heterocycles. The van der Waals surface area contributed by atoms with Gasteiger partial charge in [0.05, 0.1) is 28.1 Å². The lowest BCUT2D eigenvalue weighted by Gasteiger charge is -2.22. The number of rotatable bonds is 9. The number of benzene rings is 5. The van der Waals surface area contributed by atoms with Crippen molar-refractivity contribution in [3.05, 3.63) is 155 Å². The van der Waals surface area contributed by atoms with E-state index >= 15 is 0 Å². The van der Waals surface area contributed by atoms with Crippen LogP contribution in [0.3, 0.4) is 0 Å². The maximum atomic E-state index is 6.89. The van der Waals surface area contributed by atoms with Crippen molar-refractivity contribution < 1.29 is 4.74 Å². The highest BCUT2D eigenvalue weighted by Crippen LogP contribution is 2.42. The molecule has 0 N–H and O–H groups in total. The average molecular weight is 723 g/mol. The summed E-state index contributed by atoms with van der Waals surface area (Å²) >= 11 is 0. The quantitative estimate of drug-likeness (QED) is 0.149. The minimum atomic E-state index is -0.138. The largest absolute Gasteiger partial charge is 0.457 e. The van der Waals surface area contributed by atoms with Gasteiger partial charge in [-0.1, -0.05) is 100 Å².